The molecule has 9 nitrogen and oxygen atoms in total. The van der Waals surface area contributed by atoms with Gasteiger partial charge in [-0.2, -0.15) is 0 Å². The summed E-state index contributed by atoms with van der Waals surface area (Å²) in [6.07, 6.45) is 0. The van der Waals surface area contributed by atoms with Crippen LogP contribution in [0, 0.1) is 17.0 Å². The van der Waals surface area contributed by atoms with Gasteiger partial charge in [-0.3, -0.25) is 14.8 Å². The van der Waals surface area contributed by atoms with E-state index in [1.54, 1.807) is 13.8 Å². The van der Waals surface area contributed by atoms with Gasteiger partial charge in [0.15, 0.2) is 4.90 Å². The normalized spacial score (nSPS) is 11.4. The summed E-state index contributed by atoms with van der Waals surface area (Å²) < 4.78 is 38.0. The molecule has 10 heteroatoms. The minimum atomic E-state index is -4.20. The Bertz CT molecular complexity index is 1180. The molecule has 1 aromatic heterocycles. The first kappa shape index (κ1) is 19.4. The van der Waals surface area contributed by atoms with E-state index in [2.05, 4.69) is 4.72 Å². The van der Waals surface area contributed by atoms with Crippen LogP contribution in [-0.4, -0.2) is 25.9 Å². The predicted molar refractivity (Wildman–Crippen MR) is 101 cm³/mol. The largest absolute Gasteiger partial charge is 0.460 e. The van der Waals surface area contributed by atoms with Gasteiger partial charge in [-0.05, 0) is 38.1 Å². The Morgan fingerprint density at radius 2 is 1.96 bits per heavy atom. The third-order valence-corrected chi connectivity index (χ3v) is 5.43. The smallest absolute Gasteiger partial charge is 0.374 e. The number of carbonyl (C=O) groups is 1. The molecule has 1 heterocycles. The van der Waals surface area contributed by atoms with Crippen LogP contribution in [0.3, 0.4) is 0 Å². The van der Waals surface area contributed by atoms with Gasteiger partial charge in [0.25, 0.3) is 15.7 Å². The lowest BCUT2D eigenvalue weighted by Gasteiger charge is -2.08. The van der Waals surface area contributed by atoms with Crippen molar-refractivity contribution in [3.05, 3.63) is 63.9 Å². The van der Waals surface area contributed by atoms with Gasteiger partial charge >= 0.3 is 5.97 Å². The summed E-state index contributed by atoms with van der Waals surface area (Å²) in [5, 5.41) is 11.6. The number of benzene rings is 2. The number of aryl methyl sites for hydroxylation is 1. The molecular formula is C18H16N2O7S. The molecule has 0 spiro atoms. The Kier molecular flexibility index (Phi) is 5.06. The molecular weight excluding hydrogens is 388 g/mol. The number of para-hydroxylation sites is 1. The van der Waals surface area contributed by atoms with Crippen molar-refractivity contribution in [3.63, 3.8) is 0 Å². The van der Waals surface area contributed by atoms with E-state index in [9.17, 15) is 23.3 Å². The van der Waals surface area contributed by atoms with E-state index >= 15 is 0 Å². The second kappa shape index (κ2) is 7.31. The van der Waals surface area contributed by atoms with Gasteiger partial charge in [0.05, 0.1) is 11.5 Å². The van der Waals surface area contributed by atoms with Crippen LogP contribution in [0.25, 0.3) is 11.0 Å². The number of sulfonamides is 1. The molecule has 0 radical (unpaired) electrons. The van der Waals surface area contributed by atoms with Crippen LogP contribution in [0.2, 0.25) is 0 Å². The molecule has 28 heavy (non-hydrogen) atoms. The third-order valence-electron chi connectivity index (χ3n) is 4.00. The summed E-state index contributed by atoms with van der Waals surface area (Å²) in [5.41, 5.74) is 0.527. The van der Waals surface area contributed by atoms with Gasteiger partial charge in [0, 0.05) is 22.7 Å². The zero-order valence-electron chi connectivity index (χ0n) is 15.0. The highest BCUT2D eigenvalue weighted by Gasteiger charge is 2.26. The first-order valence-electron chi connectivity index (χ1n) is 8.21. The molecule has 0 amide bonds. The number of nitro groups is 1. The Hall–Kier alpha value is -3.40. The van der Waals surface area contributed by atoms with E-state index in [4.69, 9.17) is 9.15 Å². The number of esters is 1. The number of nitrogens with zero attached hydrogens (tertiary/aromatic N) is 1. The lowest BCUT2D eigenvalue weighted by Crippen LogP contribution is -2.14. The molecule has 0 saturated heterocycles. The van der Waals surface area contributed by atoms with Gasteiger partial charge in [0.2, 0.25) is 5.76 Å². The van der Waals surface area contributed by atoms with Gasteiger partial charge in [-0.15, -0.1) is 0 Å². The predicted octanol–water partition coefficient (Wildman–Crippen LogP) is 3.63. The Morgan fingerprint density at radius 1 is 1.25 bits per heavy atom. The van der Waals surface area contributed by atoms with Crippen LogP contribution >= 0.6 is 0 Å². The van der Waals surface area contributed by atoms with Crippen LogP contribution in [0.1, 0.15) is 23.0 Å². The molecule has 3 rings (SSSR count). The molecule has 3 aromatic rings. The highest BCUT2D eigenvalue weighted by Crippen LogP contribution is 2.30. The first-order valence-corrected chi connectivity index (χ1v) is 9.69. The molecule has 0 aliphatic carbocycles. The lowest BCUT2D eigenvalue weighted by atomic mass is 10.1. The summed E-state index contributed by atoms with van der Waals surface area (Å²) in [6.45, 7) is 3.51. The van der Waals surface area contributed by atoms with Crippen molar-refractivity contribution in [1.29, 1.82) is 0 Å². The maximum atomic E-state index is 12.6. The molecule has 146 valence electrons. The van der Waals surface area contributed by atoms with Crippen LogP contribution in [0.5, 0.6) is 0 Å². The number of anilines is 1. The fraction of sp³-hybridized carbons (Fsp3) is 0.167. The van der Waals surface area contributed by atoms with Gasteiger partial charge in [-0.1, -0.05) is 12.1 Å². The van der Waals surface area contributed by atoms with Crippen molar-refractivity contribution in [1.82, 2.24) is 0 Å². The van der Waals surface area contributed by atoms with Gasteiger partial charge < -0.3 is 9.15 Å². The van der Waals surface area contributed by atoms with E-state index in [1.165, 1.54) is 30.3 Å². The average molecular weight is 404 g/mol. The van der Waals surface area contributed by atoms with E-state index in [-0.39, 0.29) is 18.1 Å². The number of carbonyl (C=O) groups excluding carboxylic acids is 1. The van der Waals surface area contributed by atoms with Crippen molar-refractivity contribution >= 4 is 38.3 Å². The fourth-order valence-electron chi connectivity index (χ4n) is 2.72. The molecule has 0 bridgehead atoms. The molecule has 0 unspecified atom stereocenters. The van der Waals surface area contributed by atoms with E-state index in [0.29, 0.717) is 16.5 Å². The summed E-state index contributed by atoms with van der Waals surface area (Å²) in [5.74, 6) is -0.575. The quantitative estimate of drug-likeness (QED) is 0.377. The minimum Gasteiger partial charge on any atom is -0.460 e. The average Bonchev–Trinajstić information content (AvgIpc) is 2.98. The second-order valence-corrected chi connectivity index (χ2v) is 7.47. The number of rotatable bonds is 6. The van der Waals surface area contributed by atoms with Crippen LogP contribution in [0.15, 0.2) is 51.8 Å². The maximum Gasteiger partial charge on any atom is 0.374 e. The van der Waals surface area contributed by atoms with E-state index < -0.39 is 31.5 Å². The molecule has 0 fully saturated rings. The number of hydrogen-bond donors (Lipinski definition) is 1. The Labute approximate surface area is 160 Å². The monoisotopic (exact) mass is 404 g/mol. The fourth-order valence-corrected chi connectivity index (χ4v) is 3.94. The molecule has 0 aliphatic heterocycles. The van der Waals surface area contributed by atoms with Crippen LogP contribution in [-0.2, 0) is 14.8 Å². The summed E-state index contributed by atoms with van der Waals surface area (Å²) in [6, 6.07) is 9.48. The zero-order chi connectivity index (χ0) is 20.5. The molecule has 0 aliphatic rings. The molecule has 2 aromatic carbocycles. The molecule has 0 saturated carbocycles. The summed E-state index contributed by atoms with van der Waals surface area (Å²) in [4.78, 5) is 21.9. The number of ether oxygens (including phenoxy) is 1. The molecule has 0 atom stereocenters. The standard InChI is InChI=1S/C18H16N2O7S/c1-3-26-18(21)17-11(2)13-10-12(8-9-15(13)27-17)19-28(24,25)16-7-5-4-6-14(16)20(22)23/h4-10,19H,3H2,1-2H3. The number of nitrogens with one attached hydrogen (secondary N) is 1. The first-order chi connectivity index (χ1) is 13.2. The van der Waals surface area contributed by atoms with Crippen molar-refractivity contribution in [2.45, 2.75) is 18.7 Å². The van der Waals surface area contributed by atoms with Crippen molar-refractivity contribution in [3.8, 4) is 0 Å². The van der Waals surface area contributed by atoms with E-state index in [0.717, 1.165) is 12.1 Å². The number of furan rings is 1. The zero-order valence-corrected chi connectivity index (χ0v) is 15.8. The number of nitro benzene ring substituents is 1. The minimum absolute atomic E-state index is 0.0376. The topological polar surface area (TPSA) is 129 Å². The SMILES string of the molecule is CCOC(=O)c1oc2ccc(NS(=O)(=O)c3ccccc3[N+](=O)[O-])cc2c1C. The van der Waals surface area contributed by atoms with E-state index in [1.807, 2.05) is 0 Å². The third kappa shape index (κ3) is 3.54. The van der Waals surface area contributed by atoms with Crippen LogP contribution < -0.4 is 4.72 Å². The number of hydrogen-bond acceptors (Lipinski definition) is 7. The maximum absolute atomic E-state index is 12.6. The van der Waals surface area contributed by atoms with Crippen molar-refractivity contribution < 1.29 is 27.3 Å². The van der Waals surface area contributed by atoms with Crippen LogP contribution in [0.4, 0.5) is 11.4 Å². The Morgan fingerprint density at radius 3 is 2.64 bits per heavy atom. The second-order valence-electron chi connectivity index (χ2n) is 5.82. The van der Waals surface area contributed by atoms with Crippen molar-refractivity contribution in [2.24, 2.45) is 0 Å². The number of fused-ring (bicyclic) bond motifs is 1. The van der Waals surface area contributed by atoms with Crippen molar-refractivity contribution in [2.75, 3.05) is 11.3 Å². The lowest BCUT2D eigenvalue weighted by molar-refractivity contribution is -0.387. The summed E-state index contributed by atoms with van der Waals surface area (Å²) in [7, 11) is -4.20. The highest BCUT2D eigenvalue weighted by atomic mass is 32.2. The molecule has 1 N–H and O–H groups in total. The Balaban J connectivity index is 2.00. The van der Waals surface area contributed by atoms with Gasteiger partial charge in [-0.25, -0.2) is 13.2 Å². The van der Waals surface area contributed by atoms with Gasteiger partial charge in [0.1, 0.15) is 5.58 Å². The highest BCUT2D eigenvalue weighted by molar-refractivity contribution is 7.92. The summed E-state index contributed by atoms with van der Waals surface area (Å²) >= 11 is 0.